The van der Waals surface area contributed by atoms with Crippen molar-refractivity contribution in [3.05, 3.63) is 12.7 Å². The van der Waals surface area contributed by atoms with Gasteiger partial charge in [0.2, 0.25) is 0 Å². The van der Waals surface area contributed by atoms with Crippen molar-refractivity contribution in [3.63, 3.8) is 0 Å². The molecule has 0 aliphatic carbocycles. The van der Waals surface area contributed by atoms with Gasteiger partial charge in [0.25, 0.3) is 0 Å². The molecule has 0 aromatic carbocycles. The Morgan fingerprint density at radius 2 is 2.43 bits per heavy atom. The lowest BCUT2D eigenvalue weighted by Crippen LogP contribution is -2.46. The quantitative estimate of drug-likeness (QED) is 0.516. The summed E-state index contributed by atoms with van der Waals surface area (Å²) in [6.07, 6.45) is 7.13. The molecule has 14 heavy (non-hydrogen) atoms. The second kappa shape index (κ2) is 7.02. The van der Waals surface area contributed by atoms with Crippen LogP contribution in [0.4, 0.5) is 0 Å². The van der Waals surface area contributed by atoms with E-state index in [1.165, 1.54) is 45.4 Å². The summed E-state index contributed by atoms with van der Waals surface area (Å²) in [7, 11) is 0. The molecule has 2 heteroatoms. The Morgan fingerprint density at radius 3 is 3.00 bits per heavy atom. The molecule has 1 atom stereocenters. The largest absolute Gasteiger partial charge is 0.315 e. The summed E-state index contributed by atoms with van der Waals surface area (Å²) < 4.78 is 0. The smallest absolute Gasteiger partial charge is 0.0220 e. The van der Waals surface area contributed by atoms with E-state index in [-0.39, 0.29) is 0 Å². The summed E-state index contributed by atoms with van der Waals surface area (Å²) in [5.41, 5.74) is 0. The Hall–Kier alpha value is -0.340. The van der Waals surface area contributed by atoms with Crippen molar-refractivity contribution in [1.29, 1.82) is 0 Å². The first-order chi connectivity index (χ1) is 6.88. The summed E-state index contributed by atoms with van der Waals surface area (Å²) >= 11 is 0. The highest BCUT2D eigenvalue weighted by molar-refractivity contribution is 4.78. The molecule has 0 aromatic rings. The van der Waals surface area contributed by atoms with Crippen LogP contribution in [-0.4, -0.2) is 37.1 Å². The molecule has 0 bridgehead atoms. The van der Waals surface area contributed by atoms with Gasteiger partial charge >= 0.3 is 0 Å². The van der Waals surface area contributed by atoms with Gasteiger partial charge in [-0.1, -0.05) is 13.0 Å². The summed E-state index contributed by atoms with van der Waals surface area (Å²) in [5.74, 6) is 0. The van der Waals surface area contributed by atoms with E-state index in [0.717, 1.165) is 12.5 Å². The molecule has 2 nitrogen and oxygen atoms in total. The summed E-state index contributed by atoms with van der Waals surface area (Å²) in [6, 6.07) is 0.776. The minimum atomic E-state index is 0.776. The van der Waals surface area contributed by atoms with Crippen molar-refractivity contribution in [2.45, 2.75) is 38.6 Å². The molecule has 1 fully saturated rings. The maximum absolute atomic E-state index is 3.77. The fourth-order valence-electron chi connectivity index (χ4n) is 2.18. The van der Waals surface area contributed by atoms with E-state index in [2.05, 4.69) is 23.7 Å². The van der Waals surface area contributed by atoms with Crippen molar-refractivity contribution in [1.82, 2.24) is 10.2 Å². The van der Waals surface area contributed by atoms with E-state index in [1.807, 2.05) is 6.08 Å². The molecular formula is C12H24N2. The topological polar surface area (TPSA) is 15.3 Å². The number of hydrogen-bond acceptors (Lipinski definition) is 2. The first-order valence-corrected chi connectivity index (χ1v) is 5.94. The van der Waals surface area contributed by atoms with Gasteiger partial charge in [-0.15, -0.1) is 6.58 Å². The molecule has 1 unspecified atom stereocenters. The van der Waals surface area contributed by atoms with Gasteiger partial charge in [0.1, 0.15) is 0 Å². The third-order valence-corrected chi connectivity index (χ3v) is 3.05. The van der Waals surface area contributed by atoms with Gasteiger partial charge in [0.05, 0.1) is 0 Å². The summed E-state index contributed by atoms with van der Waals surface area (Å²) in [5, 5.41) is 3.48. The molecule has 1 aliphatic heterocycles. The van der Waals surface area contributed by atoms with E-state index < -0.39 is 0 Å². The van der Waals surface area contributed by atoms with Crippen LogP contribution < -0.4 is 5.32 Å². The Kier molecular flexibility index (Phi) is 5.88. The van der Waals surface area contributed by atoms with Crippen LogP contribution in [0.1, 0.15) is 32.6 Å². The normalized spacial score (nSPS) is 22.6. The Balaban J connectivity index is 2.24. The van der Waals surface area contributed by atoms with Crippen molar-refractivity contribution in [2.75, 3.05) is 26.2 Å². The number of hydrogen-bond donors (Lipinski definition) is 1. The molecule has 1 heterocycles. The van der Waals surface area contributed by atoms with E-state index >= 15 is 0 Å². The number of rotatable bonds is 6. The van der Waals surface area contributed by atoms with Crippen LogP contribution in [0.5, 0.6) is 0 Å². The molecule has 1 N–H and O–H groups in total. The lowest BCUT2D eigenvalue weighted by atomic mass is 10.1. The van der Waals surface area contributed by atoms with Crippen molar-refractivity contribution in [2.24, 2.45) is 0 Å². The third kappa shape index (κ3) is 3.81. The lowest BCUT2D eigenvalue weighted by molar-refractivity contribution is 0.172. The average molecular weight is 196 g/mol. The van der Waals surface area contributed by atoms with Gasteiger partial charge < -0.3 is 5.32 Å². The fraction of sp³-hybridized carbons (Fsp3) is 0.833. The van der Waals surface area contributed by atoms with E-state index in [0.29, 0.717) is 0 Å². The zero-order valence-corrected chi connectivity index (χ0v) is 9.47. The van der Waals surface area contributed by atoms with E-state index in [4.69, 9.17) is 0 Å². The predicted octanol–water partition coefficient (Wildman–Crippen LogP) is 2.03. The highest BCUT2D eigenvalue weighted by atomic mass is 15.2. The number of unbranched alkanes of at least 4 members (excludes halogenated alkanes) is 1. The maximum atomic E-state index is 3.77. The van der Waals surface area contributed by atoms with Crippen LogP contribution in [0, 0.1) is 0 Å². The molecule has 0 aromatic heterocycles. The molecule has 82 valence electrons. The van der Waals surface area contributed by atoms with Gasteiger partial charge in [-0.05, 0) is 45.3 Å². The second-order valence-corrected chi connectivity index (χ2v) is 4.06. The first kappa shape index (κ1) is 11.7. The SMILES string of the molecule is C=CCCCN(CC)C1CCCNC1. The molecule has 1 aliphatic rings. The molecule has 0 spiro atoms. The molecule has 0 amide bonds. The van der Waals surface area contributed by atoms with Crippen molar-refractivity contribution >= 4 is 0 Å². The van der Waals surface area contributed by atoms with Gasteiger partial charge in [-0.25, -0.2) is 0 Å². The van der Waals surface area contributed by atoms with Crippen LogP contribution >= 0.6 is 0 Å². The Bertz CT molecular complexity index is 150. The summed E-state index contributed by atoms with van der Waals surface area (Å²) in [4.78, 5) is 2.61. The van der Waals surface area contributed by atoms with Gasteiger partial charge in [-0.2, -0.15) is 0 Å². The number of allylic oxidation sites excluding steroid dienone is 1. The molecule has 0 radical (unpaired) electrons. The molecule has 1 rings (SSSR count). The zero-order chi connectivity index (χ0) is 10.2. The first-order valence-electron chi connectivity index (χ1n) is 5.94. The van der Waals surface area contributed by atoms with Gasteiger partial charge in [0.15, 0.2) is 0 Å². The molecular weight excluding hydrogens is 172 g/mol. The highest BCUT2D eigenvalue weighted by Crippen LogP contribution is 2.10. The second-order valence-electron chi connectivity index (χ2n) is 4.06. The van der Waals surface area contributed by atoms with E-state index in [1.54, 1.807) is 0 Å². The van der Waals surface area contributed by atoms with Crippen LogP contribution in [0.25, 0.3) is 0 Å². The fourth-order valence-corrected chi connectivity index (χ4v) is 2.18. The average Bonchev–Trinajstić information content (AvgIpc) is 2.26. The number of likely N-dealkylation sites (N-methyl/N-ethyl adjacent to an activating group) is 1. The van der Waals surface area contributed by atoms with E-state index in [9.17, 15) is 0 Å². The standard InChI is InChI=1S/C12H24N2/c1-3-5-6-10-14(4-2)12-8-7-9-13-11-12/h3,12-13H,1,4-11H2,2H3. The van der Waals surface area contributed by atoms with Crippen LogP contribution in [0.2, 0.25) is 0 Å². The van der Waals surface area contributed by atoms with Crippen molar-refractivity contribution < 1.29 is 0 Å². The monoisotopic (exact) mass is 196 g/mol. The minimum Gasteiger partial charge on any atom is -0.315 e. The Labute approximate surface area is 88.4 Å². The predicted molar refractivity (Wildman–Crippen MR) is 62.6 cm³/mol. The minimum absolute atomic E-state index is 0.776. The summed E-state index contributed by atoms with van der Waals surface area (Å²) in [6.45, 7) is 10.8. The molecule has 1 saturated heterocycles. The lowest BCUT2D eigenvalue weighted by Gasteiger charge is -2.33. The van der Waals surface area contributed by atoms with Crippen LogP contribution in [-0.2, 0) is 0 Å². The van der Waals surface area contributed by atoms with Crippen molar-refractivity contribution in [3.8, 4) is 0 Å². The van der Waals surface area contributed by atoms with Crippen LogP contribution in [0.15, 0.2) is 12.7 Å². The molecule has 0 saturated carbocycles. The van der Waals surface area contributed by atoms with Gasteiger partial charge in [0, 0.05) is 12.6 Å². The van der Waals surface area contributed by atoms with Crippen LogP contribution in [0.3, 0.4) is 0 Å². The highest BCUT2D eigenvalue weighted by Gasteiger charge is 2.18. The maximum Gasteiger partial charge on any atom is 0.0220 e. The third-order valence-electron chi connectivity index (χ3n) is 3.05. The number of piperidine rings is 1. The number of nitrogens with zero attached hydrogens (tertiary/aromatic N) is 1. The number of nitrogens with one attached hydrogen (secondary N) is 1. The Morgan fingerprint density at radius 1 is 1.57 bits per heavy atom. The van der Waals surface area contributed by atoms with Gasteiger partial charge in [-0.3, -0.25) is 4.90 Å². The zero-order valence-electron chi connectivity index (χ0n) is 9.47.